The molecule has 23 heavy (non-hydrogen) atoms. The Morgan fingerprint density at radius 2 is 2.00 bits per heavy atom. The van der Waals surface area contributed by atoms with Gasteiger partial charge in [0, 0.05) is 0 Å². The zero-order valence-corrected chi connectivity index (χ0v) is 13.7. The number of carbonyl (C=O) groups is 1. The molecule has 0 radical (unpaired) electrons. The Kier molecular flexibility index (Phi) is 4.23. The van der Waals surface area contributed by atoms with Crippen LogP contribution < -0.4 is 9.47 Å². The number of rotatable bonds is 7. The Labute approximate surface area is 135 Å². The topological polar surface area (TPSA) is 89.9 Å². The fourth-order valence-corrected chi connectivity index (χ4v) is 4.20. The van der Waals surface area contributed by atoms with Crippen molar-refractivity contribution in [2.75, 3.05) is 18.6 Å². The van der Waals surface area contributed by atoms with Crippen molar-refractivity contribution in [3.63, 3.8) is 0 Å². The third-order valence-electron chi connectivity index (χ3n) is 4.37. The van der Waals surface area contributed by atoms with Gasteiger partial charge in [0.05, 0.1) is 25.0 Å². The number of hydrogen-bond donors (Lipinski definition) is 1. The van der Waals surface area contributed by atoms with E-state index >= 15 is 0 Å². The molecular weight excluding hydrogens is 320 g/mol. The first-order valence-corrected chi connectivity index (χ1v) is 9.47. The summed E-state index contributed by atoms with van der Waals surface area (Å²) in [6, 6.07) is 5.43. The van der Waals surface area contributed by atoms with Crippen molar-refractivity contribution >= 4 is 15.8 Å². The molecule has 1 aromatic rings. The molecule has 1 atom stereocenters. The van der Waals surface area contributed by atoms with Crippen LogP contribution in [-0.4, -0.2) is 44.2 Å². The van der Waals surface area contributed by atoms with Crippen LogP contribution in [0.5, 0.6) is 11.5 Å². The van der Waals surface area contributed by atoms with E-state index < -0.39 is 15.8 Å². The lowest BCUT2D eigenvalue weighted by Gasteiger charge is -2.28. The van der Waals surface area contributed by atoms with Crippen LogP contribution in [0.15, 0.2) is 18.2 Å². The number of aliphatic carboxylic acids is 1. The Bertz CT molecular complexity index is 695. The van der Waals surface area contributed by atoms with Gasteiger partial charge in [-0.05, 0) is 42.4 Å². The van der Waals surface area contributed by atoms with E-state index in [-0.39, 0.29) is 29.9 Å². The summed E-state index contributed by atoms with van der Waals surface area (Å²) >= 11 is 0. The molecule has 126 valence electrons. The minimum atomic E-state index is -2.96. The number of methoxy groups -OCH3 is 1. The maximum absolute atomic E-state index is 11.3. The van der Waals surface area contributed by atoms with Gasteiger partial charge in [0.2, 0.25) is 0 Å². The van der Waals surface area contributed by atoms with E-state index in [1.807, 2.05) is 6.07 Å². The first-order valence-electron chi connectivity index (χ1n) is 7.65. The smallest absolute Gasteiger partial charge is 0.303 e. The largest absolute Gasteiger partial charge is 0.493 e. The van der Waals surface area contributed by atoms with Crippen molar-refractivity contribution in [1.82, 2.24) is 0 Å². The lowest BCUT2D eigenvalue weighted by Crippen LogP contribution is -2.45. The van der Waals surface area contributed by atoms with E-state index in [2.05, 4.69) is 0 Å². The van der Waals surface area contributed by atoms with Crippen LogP contribution in [0.4, 0.5) is 0 Å². The quantitative estimate of drug-likeness (QED) is 0.814. The van der Waals surface area contributed by atoms with Crippen LogP contribution in [0.1, 0.15) is 30.7 Å². The Morgan fingerprint density at radius 3 is 2.52 bits per heavy atom. The highest BCUT2D eigenvalue weighted by Gasteiger charge is 2.37. The molecule has 0 bridgehead atoms. The average molecular weight is 340 g/mol. The second-order valence-electron chi connectivity index (χ2n) is 6.27. The van der Waals surface area contributed by atoms with Crippen molar-refractivity contribution in [2.24, 2.45) is 5.92 Å². The number of ether oxygens (including phenoxy) is 2. The molecule has 6 nitrogen and oxygen atoms in total. The Morgan fingerprint density at radius 1 is 1.30 bits per heavy atom. The third kappa shape index (κ3) is 3.77. The van der Waals surface area contributed by atoms with E-state index in [0.717, 1.165) is 18.4 Å². The second kappa shape index (κ2) is 6.03. The minimum absolute atomic E-state index is 0.0154. The summed E-state index contributed by atoms with van der Waals surface area (Å²) in [5.74, 6) is 0.597. The third-order valence-corrected chi connectivity index (χ3v) is 6.13. The van der Waals surface area contributed by atoms with Gasteiger partial charge in [0.15, 0.2) is 21.3 Å². The Hall–Kier alpha value is -1.76. The van der Waals surface area contributed by atoms with Crippen LogP contribution in [0, 0.1) is 5.92 Å². The molecule has 0 spiro atoms. The normalized spacial score (nSPS) is 21.3. The van der Waals surface area contributed by atoms with Gasteiger partial charge < -0.3 is 14.6 Å². The first kappa shape index (κ1) is 16.1. The predicted molar refractivity (Wildman–Crippen MR) is 83.8 cm³/mol. The Balaban J connectivity index is 1.81. The highest BCUT2D eigenvalue weighted by atomic mass is 32.2. The minimum Gasteiger partial charge on any atom is -0.493 e. The molecule has 1 aliphatic carbocycles. The SMILES string of the molecule is COc1ccc(C(CC(=O)O)C2CC2)cc1OC1CS(=O)(=O)C1. The van der Waals surface area contributed by atoms with Gasteiger partial charge in [0.25, 0.3) is 0 Å². The number of carboxylic acid groups (broad SMARTS) is 1. The summed E-state index contributed by atoms with van der Waals surface area (Å²) in [4.78, 5) is 11.1. The van der Waals surface area contributed by atoms with Crippen molar-refractivity contribution in [1.29, 1.82) is 0 Å². The number of carboxylic acids is 1. The second-order valence-corrected chi connectivity index (χ2v) is 8.42. The van der Waals surface area contributed by atoms with E-state index in [4.69, 9.17) is 14.6 Å². The number of hydrogen-bond acceptors (Lipinski definition) is 5. The lowest BCUT2D eigenvalue weighted by atomic mass is 9.91. The summed E-state index contributed by atoms with van der Waals surface area (Å²) < 4.78 is 33.5. The molecular formula is C16H20O6S. The predicted octanol–water partition coefficient (Wildman–Crippen LogP) is 1.84. The van der Waals surface area contributed by atoms with Crippen molar-refractivity contribution in [2.45, 2.75) is 31.3 Å². The van der Waals surface area contributed by atoms with Gasteiger partial charge >= 0.3 is 5.97 Å². The summed E-state index contributed by atoms with van der Waals surface area (Å²) in [5, 5.41) is 9.12. The highest BCUT2D eigenvalue weighted by Crippen LogP contribution is 2.46. The first-order chi connectivity index (χ1) is 10.9. The van der Waals surface area contributed by atoms with Gasteiger partial charge in [-0.15, -0.1) is 0 Å². The molecule has 1 N–H and O–H groups in total. The van der Waals surface area contributed by atoms with E-state index in [1.165, 1.54) is 7.11 Å². The summed E-state index contributed by atoms with van der Waals surface area (Å²) in [6.45, 7) is 0. The molecule has 2 fully saturated rings. The maximum Gasteiger partial charge on any atom is 0.303 e. The van der Waals surface area contributed by atoms with Gasteiger partial charge in [-0.3, -0.25) is 4.79 Å². The summed E-state index contributed by atoms with van der Waals surface area (Å²) in [6.07, 6.45) is 1.82. The van der Waals surface area contributed by atoms with Crippen molar-refractivity contribution in [3.05, 3.63) is 23.8 Å². The molecule has 2 aliphatic rings. The fraction of sp³-hybridized carbons (Fsp3) is 0.562. The summed E-state index contributed by atoms with van der Waals surface area (Å²) in [5.41, 5.74) is 0.910. The average Bonchev–Trinajstić information content (AvgIpc) is 3.27. The molecule has 0 amide bonds. The van der Waals surface area contributed by atoms with Crippen LogP contribution in [0.3, 0.4) is 0 Å². The van der Waals surface area contributed by atoms with Gasteiger partial charge in [-0.2, -0.15) is 0 Å². The molecule has 7 heteroatoms. The number of benzene rings is 1. The van der Waals surface area contributed by atoms with Crippen LogP contribution in [-0.2, 0) is 14.6 Å². The molecule has 1 saturated carbocycles. The molecule has 0 aromatic heterocycles. The molecule has 1 aliphatic heterocycles. The van der Waals surface area contributed by atoms with Crippen molar-refractivity contribution in [3.8, 4) is 11.5 Å². The highest BCUT2D eigenvalue weighted by molar-refractivity contribution is 7.92. The number of sulfone groups is 1. The monoisotopic (exact) mass is 340 g/mol. The van der Waals surface area contributed by atoms with E-state index in [9.17, 15) is 13.2 Å². The zero-order valence-electron chi connectivity index (χ0n) is 12.9. The molecule has 3 rings (SSSR count). The van der Waals surface area contributed by atoms with Crippen LogP contribution in [0.25, 0.3) is 0 Å². The zero-order chi connectivity index (χ0) is 16.6. The molecule has 1 saturated heterocycles. The van der Waals surface area contributed by atoms with Crippen LogP contribution in [0.2, 0.25) is 0 Å². The standard InChI is InChI=1S/C16H20O6S/c1-21-14-5-4-11(13(7-16(17)18)10-2-3-10)6-15(14)22-12-8-23(19,20)9-12/h4-6,10,12-13H,2-3,7-9H2,1H3,(H,17,18). The van der Waals surface area contributed by atoms with Gasteiger partial charge in [-0.25, -0.2) is 8.42 Å². The molecule has 1 heterocycles. The van der Waals surface area contributed by atoms with Gasteiger partial charge in [-0.1, -0.05) is 6.07 Å². The lowest BCUT2D eigenvalue weighted by molar-refractivity contribution is -0.137. The van der Waals surface area contributed by atoms with E-state index in [1.54, 1.807) is 12.1 Å². The fourth-order valence-electron chi connectivity index (χ4n) is 3.02. The molecule has 1 aromatic carbocycles. The molecule has 1 unspecified atom stereocenters. The summed E-state index contributed by atoms with van der Waals surface area (Å²) in [7, 11) is -1.44. The van der Waals surface area contributed by atoms with Crippen molar-refractivity contribution < 1.29 is 27.8 Å². The van der Waals surface area contributed by atoms with E-state index in [0.29, 0.717) is 17.4 Å². The van der Waals surface area contributed by atoms with Gasteiger partial charge in [0.1, 0.15) is 6.10 Å². The maximum atomic E-state index is 11.3. The van der Waals surface area contributed by atoms with Crippen LogP contribution >= 0.6 is 0 Å².